The zero-order valence-electron chi connectivity index (χ0n) is 20.6. The van der Waals surface area contributed by atoms with Crippen LogP contribution < -0.4 is 24.4 Å². The molecule has 0 saturated carbocycles. The highest BCUT2D eigenvalue weighted by molar-refractivity contribution is 5.92. The van der Waals surface area contributed by atoms with E-state index in [2.05, 4.69) is 10.5 Å². The standard InChI is InChI=1S/C29H26N2O6/c1-19(36-25-10-6-8-21-7-4-5-9-24(21)25)28(32)31-30-18-20-11-14-23(15-12-20)37-29(33)22-13-16-26(34-2)27(17-22)35-3/h4-19H,1-3H3,(H,31,32). The van der Waals surface area contributed by atoms with Gasteiger partial charge in [-0.2, -0.15) is 5.10 Å². The number of carbonyl (C=O) groups excluding carboxylic acids is 2. The molecule has 4 aromatic carbocycles. The van der Waals surface area contributed by atoms with Gasteiger partial charge in [-0.05, 0) is 66.4 Å². The lowest BCUT2D eigenvalue weighted by atomic mass is 10.1. The number of ether oxygens (including phenoxy) is 4. The summed E-state index contributed by atoms with van der Waals surface area (Å²) in [5.74, 6) is 1.02. The second-order valence-corrected chi connectivity index (χ2v) is 8.00. The average Bonchev–Trinajstić information content (AvgIpc) is 2.93. The number of amides is 1. The van der Waals surface area contributed by atoms with Crippen molar-refractivity contribution in [2.75, 3.05) is 14.2 Å². The highest BCUT2D eigenvalue weighted by atomic mass is 16.5. The summed E-state index contributed by atoms with van der Waals surface area (Å²) in [7, 11) is 3.02. The van der Waals surface area contributed by atoms with Gasteiger partial charge < -0.3 is 18.9 Å². The van der Waals surface area contributed by atoms with Crippen molar-refractivity contribution in [1.82, 2.24) is 5.43 Å². The number of carbonyl (C=O) groups is 2. The summed E-state index contributed by atoms with van der Waals surface area (Å²) in [5.41, 5.74) is 3.51. The summed E-state index contributed by atoms with van der Waals surface area (Å²) in [6.07, 6.45) is 0.740. The van der Waals surface area contributed by atoms with Crippen LogP contribution in [-0.2, 0) is 4.79 Å². The van der Waals surface area contributed by atoms with E-state index in [-0.39, 0.29) is 5.91 Å². The van der Waals surface area contributed by atoms with E-state index in [4.69, 9.17) is 18.9 Å². The summed E-state index contributed by atoms with van der Waals surface area (Å²) in [5, 5.41) is 5.96. The van der Waals surface area contributed by atoms with Crippen molar-refractivity contribution in [1.29, 1.82) is 0 Å². The Labute approximate surface area is 214 Å². The van der Waals surface area contributed by atoms with Gasteiger partial charge in [-0.15, -0.1) is 0 Å². The number of hydrogen-bond acceptors (Lipinski definition) is 7. The van der Waals surface area contributed by atoms with Crippen molar-refractivity contribution in [2.24, 2.45) is 5.10 Å². The van der Waals surface area contributed by atoms with E-state index in [1.54, 1.807) is 49.4 Å². The number of nitrogens with one attached hydrogen (secondary N) is 1. The topological polar surface area (TPSA) is 95.5 Å². The van der Waals surface area contributed by atoms with Gasteiger partial charge in [0.2, 0.25) is 0 Å². The molecule has 0 aliphatic carbocycles. The van der Waals surface area contributed by atoms with Crippen LogP contribution in [0.2, 0.25) is 0 Å². The number of rotatable bonds is 9. The Morgan fingerprint density at radius 2 is 1.57 bits per heavy atom. The highest BCUT2D eigenvalue weighted by Crippen LogP contribution is 2.28. The van der Waals surface area contributed by atoms with Crippen molar-refractivity contribution in [3.8, 4) is 23.0 Å². The smallest absolute Gasteiger partial charge is 0.343 e. The maximum absolute atomic E-state index is 12.5. The third kappa shape index (κ3) is 6.24. The molecule has 0 saturated heterocycles. The number of hydrazone groups is 1. The van der Waals surface area contributed by atoms with Crippen LogP contribution in [0.4, 0.5) is 0 Å². The number of methoxy groups -OCH3 is 2. The predicted octanol–water partition coefficient (Wildman–Crippen LogP) is 4.99. The van der Waals surface area contributed by atoms with Crippen LogP contribution in [0.15, 0.2) is 90.0 Å². The van der Waals surface area contributed by atoms with Crippen molar-refractivity contribution in [3.05, 3.63) is 96.1 Å². The van der Waals surface area contributed by atoms with Gasteiger partial charge in [-0.3, -0.25) is 4.79 Å². The molecule has 1 amide bonds. The maximum atomic E-state index is 12.5. The molecule has 0 aromatic heterocycles. The molecule has 37 heavy (non-hydrogen) atoms. The van der Waals surface area contributed by atoms with E-state index in [9.17, 15) is 9.59 Å². The van der Waals surface area contributed by atoms with Crippen LogP contribution in [0, 0.1) is 0 Å². The van der Waals surface area contributed by atoms with Gasteiger partial charge in [0.25, 0.3) is 5.91 Å². The molecule has 0 radical (unpaired) electrons. The molecule has 4 aromatic rings. The largest absolute Gasteiger partial charge is 0.493 e. The summed E-state index contributed by atoms with van der Waals surface area (Å²) >= 11 is 0. The van der Waals surface area contributed by atoms with Crippen LogP contribution in [0.25, 0.3) is 10.8 Å². The SMILES string of the molecule is COc1ccc(C(=O)Oc2ccc(C=NNC(=O)C(C)Oc3cccc4ccccc34)cc2)cc1OC. The molecule has 0 bridgehead atoms. The third-order valence-corrected chi connectivity index (χ3v) is 5.52. The quantitative estimate of drug-likeness (QED) is 0.151. The molecule has 1 N–H and O–H groups in total. The van der Waals surface area contributed by atoms with Gasteiger partial charge in [-0.25, -0.2) is 10.2 Å². The molecular formula is C29H26N2O6. The fourth-order valence-corrected chi connectivity index (χ4v) is 3.55. The minimum Gasteiger partial charge on any atom is -0.493 e. The first-order chi connectivity index (χ1) is 18.0. The Bertz CT molecular complexity index is 1430. The van der Waals surface area contributed by atoms with Gasteiger partial charge in [0.15, 0.2) is 17.6 Å². The Balaban J connectivity index is 1.31. The summed E-state index contributed by atoms with van der Waals surface area (Å²) in [6.45, 7) is 1.66. The fourth-order valence-electron chi connectivity index (χ4n) is 3.55. The third-order valence-electron chi connectivity index (χ3n) is 5.52. The summed E-state index contributed by atoms with van der Waals surface area (Å²) in [6, 6.07) is 25.0. The zero-order chi connectivity index (χ0) is 26.2. The lowest BCUT2D eigenvalue weighted by Crippen LogP contribution is -2.33. The van der Waals surface area contributed by atoms with Crippen LogP contribution in [-0.4, -0.2) is 38.4 Å². The van der Waals surface area contributed by atoms with Crippen molar-refractivity contribution < 1.29 is 28.5 Å². The molecule has 8 heteroatoms. The molecule has 1 unspecified atom stereocenters. The molecule has 1 atom stereocenters. The Morgan fingerprint density at radius 1 is 0.838 bits per heavy atom. The Hall–Kier alpha value is -4.85. The number of nitrogens with zero attached hydrogens (tertiary/aromatic N) is 1. The molecule has 0 heterocycles. The summed E-state index contributed by atoms with van der Waals surface area (Å²) in [4.78, 5) is 24.9. The molecule has 0 aliphatic rings. The van der Waals surface area contributed by atoms with Gasteiger partial charge in [0.05, 0.1) is 26.0 Å². The minimum atomic E-state index is -0.749. The van der Waals surface area contributed by atoms with Gasteiger partial charge in [-0.1, -0.05) is 36.4 Å². The number of benzene rings is 4. The molecule has 0 fully saturated rings. The number of fused-ring (bicyclic) bond motifs is 1. The summed E-state index contributed by atoms with van der Waals surface area (Å²) < 4.78 is 21.7. The molecular weight excluding hydrogens is 472 g/mol. The number of hydrogen-bond donors (Lipinski definition) is 1. The van der Waals surface area contributed by atoms with Crippen LogP contribution in [0.3, 0.4) is 0 Å². The molecule has 188 valence electrons. The fraction of sp³-hybridized carbons (Fsp3) is 0.138. The minimum absolute atomic E-state index is 0.325. The second kappa shape index (κ2) is 11.7. The Kier molecular flexibility index (Phi) is 8.00. The number of esters is 1. The first-order valence-electron chi connectivity index (χ1n) is 11.5. The lowest BCUT2D eigenvalue weighted by Gasteiger charge is -2.14. The van der Waals surface area contributed by atoms with Gasteiger partial charge in [0.1, 0.15) is 11.5 Å². The van der Waals surface area contributed by atoms with E-state index < -0.39 is 12.1 Å². The predicted molar refractivity (Wildman–Crippen MR) is 141 cm³/mol. The van der Waals surface area contributed by atoms with Crippen molar-refractivity contribution in [3.63, 3.8) is 0 Å². The van der Waals surface area contributed by atoms with E-state index in [0.717, 1.165) is 10.8 Å². The Morgan fingerprint density at radius 3 is 2.32 bits per heavy atom. The molecule has 0 spiro atoms. The average molecular weight is 499 g/mol. The van der Waals surface area contributed by atoms with Crippen LogP contribution >= 0.6 is 0 Å². The monoisotopic (exact) mass is 498 g/mol. The van der Waals surface area contributed by atoms with E-state index in [1.165, 1.54) is 20.4 Å². The first kappa shape index (κ1) is 25.2. The molecule has 0 aliphatic heterocycles. The van der Waals surface area contributed by atoms with E-state index >= 15 is 0 Å². The van der Waals surface area contributed by atoms with Crippen molar-refractivity contribution >= 4 is 28.9 Å². The van der Waals surface area contributed by atoms with Crippen LogP contribution in [0.5, 0.6) is 23.0 Å². The zero-order valence-corrected chi connectivity index (χ0v) is 20.6. The normalized spacial score (nSPS) is 11.6. The van der Waals surface area contributed by atoms with Crippen molar-refractivity contribution in [2.45, 2.75) is 13.0 Å². The van der Waals surface area contributed by atoms with Crippen LogP contribution in [0.1, 0.15) is 22.8 Å². The maximum Gasteiger partial charge on any atom is 0.343 e. The lowest BCUT2D eigenvalue weighted by molar-refractivity contribution is -0.127. The van der Waals surface area contributed by atoms with E-state index in [1.807, 2.05) is 42.5 Å². The molecule has 4 rings (SSSR count). The first-order valence-corrected chi connectivity index (χ1v) is 11.5. The van der Waals surface area contributed by atoms with Gasteiger partial charge >= 0.3 is 5.97 Å². The van der Waals surface area contributed by atoms with E-state index in [0.29, 0.717) is 34.1 Å². The highest BCUT2D eigenvalue weighted by Gasteiger charge is 2.15. The van der Waals surface area contributed by atoms with Gasteiger partial charge in [0, 0.05) is 5.39 Å². The molecule has 8 nitrogen and oxygen atoms in total. The second-order valence-electron chi connectivity index (χ2n) is 8.00.